The van der Waals surface area contributed by atoms with Crippen molar-refractivity contribution in [2.75, 3.05) is 5.32 Å². The van der Waals surface area contributed by atoms with Crippen LogP contribution in [0.25, 0.3) is 5.69 Å². The number of nitro groups is 1. The van der Waals surface area contributed by atoms with Crippen molar-refractivity contribution >= 4 is 29.0 Å². The van der Waals surface area contributed by atoms with E-state index >= 15 is 0 Å². The molecule has 8 heteroatoms. The molecule has 0 aliphatic heterocycles. The van der Waals surface area contributed by atoms with Gasteiger partial charge in [-0.3, -0.25) is 14.9 Å². The first-order valence-electron chi connectivity index (χ1n) is 7.32. The Bertz CT molecular complexity index is 968. The van der Waals surface area contributed by atoms with Gasteiger partial charge in [-0.15, -0.1) is 0 Å². The van der Waals surface area contributed by atoms with Crippen LogP contribution in [0, 0.1) is 17.0 Å². The number of halogens is 1. The van der Waals surface area contributed by atoms with Gasteiger partial charge < -0.3 is 5.32 Å². The number of non-ortho nitro benzene ring substituents is 1. The normalized spacial score (nSPS) is 10.5. The van der Waals surface area contributed by atoms with Crippen molar-refractivity contribution in [3.8, 4) is 5.69 Å². The standard InChI is InChI=1S/C17H13ClN4O3/c1-11-8-16(21(20-11)14-6-3-5-13(18)10-14)19-17(23)12-4-2-7-15(9-12)22(24)25/h2-10H,1H3,(H,19,23). The summed E-state index contributed by atoms with van der Waals surface area (Å²) in [5.74, 6) is -0.0249. The zero-order chi connectivity index (χ0) is 18.0. The molecule has 1 amide bonds. The monoisotopic (exact) mass is 356 g/mol. The number of aromatic nitrogens is 2. The van der Waals surface area contributed by atoms with Gasteiger partial charge in [-0.1, -0.05) is 23.7 Å². The van der Waals surface area contributed by atoms with E-state index in [0.717, 1.165) is 0 Å². The average molecular weight is 357 g/mol. The fourth-order valence-corrected chi connectivity index (χ4v) is 2.53. The number of hydrogen-bond donors (Lipinski definition) is 1. The smallest absolute Gasteiger partial charge is 0.270 e. The third kappa shape index (κ3) is 3.67. The minimum atomic E-state index is -0.544. The summed E-state index contributed by atoms with van der Waals surface area (Å²) in [5, 5.41) is 18.5. The molecule has 1 N–H and O–H groups in total. The van der Waals surface area contributed by atoms with E-state index in [1.165, 1.54) is 24.3 Å². The van der Waals surface area contributed by atoms with Gasteiger partial charge in [-0.05, 0) is 31.2 Å². The zero-order valence-corrected chi connectivity index (χ0v) is 13.9. The van der Waals surface area contributed by atoms with Crippen LogP contribution < -0.4 is 5.32 Å². The van der Waals surface area contributed by atoms with E-state index in [1.54, 1.807) is 41.9 Å². The molecule has 0 saturated carbocycles. The predicted molar refractivity (Wildman–Crippen MR) is 94.4 cm³/mol. The first kappa shape index (κ1) is 16.7. The van der Waals surface area contributed by atoms with Gasteiger partial charge in [0.15, 0.2) is 0 Å². The van der Waals surface area contributed by atoms with Crippen LogP contribution in [-0.4, -0.2) is 20.6 Å². The Morgan fingerprint density at radius 2 is 1.96 bits per heavy atom. The first-order chi connectivity index (χ1) is 11.9. The molecule has 1 aromatic heterocycles. The molecule has 2 aromatic carbocycles. The topological polar surface area (TPSA) is 90.1 Å². The van der Waals surface area contributed by atoms with Gasteiger partial charge in [-0.25, -0.2) is 4.68 Å². The summed E-state index contributed by atoms with van der Waals surface area (Å²) in [6.45, 7) is 1.80. The van der Waals surface area contributed by atoms with E-state index in [2.05, 4.69) is 10.4 Å². The largest absolute Gasteiger partial charge is 0.306 e. The van der Waals surface area contributed by atoms with Crippen LogP contribution in [-0.2, 0) is 0 Å². The average Bonchev–Trinajstić information content (AvgIpc) is 2.95. The number of anilines is 1. The molecule has 7 nitrogen and oxygen atoms in total. The summed E-state index contributed by atoms with van der Waals surface area (Å²) >= 11 is 6.01. The highest BCUT2D eigenvalue weighted by atomic mass is 35.5. The number of rotatable bonds is 4. The molecule has 0 bridgehead atoms. The van der Waals surface area contributed by atoms with Crippen LogP contribution >= 0.6 is 11.6 Å². The fraction of sp³-hybridized carbons (Fsp3) is 0.0588. The third-order valence-electron chi connectivity index (χ3n) is 3.45. The Balaban J connectivity index is 1.92. The van der Waals surface area contributed by atoms with Gasteiger partial charge in [0.25, 0.3) is 11.6 Å². The summed E-state index contributed by atoms with van der Waals surface area (Å²) in [5.41, 5.74) is 1.43. The summed E-state index contributed by atoms with van der Waals surface area (Å²) in [6.07, 6.45) is 0. The van der Waals surface area contributed by atoms with E-state index in [4.69, 9.17) is 11.6 Å². The van der Waals surface area contributed by atoms with Crippen LogP contribution in [0.1, 0.15) is 16.1 Å². The molecule has 0 aliphatic rings. The van der Waals surface area contributed by atoms with Crippen LogP contribution in [0.15, 0.2) is 54.6 Å². The highest BCUT2D eigenvalue weighted by molar-refractivity contribution is 6.30. The highest BCUT2D eigenvalue weighted by Gasteiger charge is 2.15. The van der Waals surface area contributed by atoms with Gasteiger partial charge in [0.1, 0.15) is 5.82 Å². The fourth-order valence-electron chi connectivity index (χ4n) is 2.34. The Labute approximate surface area is 148 Å². The number of nitrogens with one attached hydrogen (secondary N) is 1. The van der Waals surface area contributed by atoms with E-state index in [9.17, 15) is 14.9 Å². The van der Waals surface area contributed by atoms with Crippen molar-refractivity contribution in [1.29, 1.82) is 0 Å². The number of benzene rings is 2. The van der Waals surface area contributed by atoms with E-state index in [1.807, 2.05) is 0 Å². The minimum absolute atomic E-state index is 0.146. The van der Waals surface area contributed by atoms with Gasteiger partial charge >= 0.3 is 0 Å². The summed E-state index contributed by atoms with van der Waals surface area (Å²) < 4.78 is 1.55. The van der Waals surface area contributed by atoms with Crippen LogP contribution in [0.2, 0.25) is 5.02 Å². The zero-order valence-electron chi connectivity index (χ0n) is 13.1. The molecular formula is C17H13ClN4O3. The Morgan fingerprint density at radius 3 is 2.68 bits per heavy atom. The molecule has 0 saturated heterocycles. The molecule has 25 heavy (non-hydrogen) atoms. The molecule has 0 aliphatic carbocycles. The number of carbonyl (C=O) groups excluding carboxylic acids is 1. The molecule has 0 unspecified atom stereocenters. The lowest BCUT2D eigenvalue weighted by molar-refractivity contribution is -0.384. The van der Waals surface area contributed by atoms with Crippen molar-refractivity contribution in [3.05, 3.63) is 81.0 Å². The summed E-state index contributed by atoms with van der Waals surface area (Å²) in [6, 6.07) is 14.3. The number of hydrogen-bond acceptors (Lipinski definition) is 4. The van der Waals surface area contributed by atoms with Crippen LogP contribution in [0.5, 0.6) is 0 Å². The molecular weight excluding hydrogens is 344 g/mol. The molecule has 0 fully saturated rings. The van der Waals surface area contributed by atoms with E-state index in [0.29, 0.717) is 22.2 Å². The first-order valence-corrected chi connectivity index (χ1v) is 7.70. The van der Waals surface area contributed by atoms with Gasteiger partial charge in [0.2, 0.25) is 0 Å². The van der Waals surface area contributed by atoms with Gasteiger partial charge in [0, 0.05) is 28.8 Å². The molecule has 3 rings (SSSR count). The number of nitro benzene ring substituents is 1. The van der Waals surface area contributed by atoms with Crippen molar-refractivity contribution in [1.82, 2.24) is 9.78 Å². The Morgan fingerprint density at radius 1 is 1.20 bits per heavy atom. The van der Waals surface area contributed by atoms with Crippen LogP contribution in [0.3, 0.4) is 0 Å². The second-order valence-corrected chi connectivity index (χ2v) is 5.76. The molecule has 0 radical (unpaired) electrons. The maximum absolute atomic E-state index is 12.4. The van der Waals surface area contributed by atoms with Gasteiger partial charge in [0.05, 0.1) is 16.3 Å². The highest BCUT2D eigenvalue weighted by Crippen LogP contribution is 2.21. The van der Waals surface area contributed by atoms with E-state index < -0.39 is 10.8 Å². The van der Waals surface area contributed by atoms with Crippen molar-refractivity contribution in [2.45, 2.75) is 6.92 Å². The third-order valence-corrected chi connectivity index (χ3v) is 3.68. The lowest BCUT2D eigenvalue weighted by Crippen LogP contribution is -2.15. The molecule has 0 atom stereocenters. The number of carbonyl (C=O) groups is 1. The molecule has 0 spiro atoms. The minimum Gasteiger partial charge on any atom is -0.306 e. The summed E-state index contributed by atoms with van der Waals surface area (Å²) in [4.78, 5) is 22.8. The predicted octanol–water partition coefficient (Wildman–Crippen LogP) is 3.99. The van der Waals surface area contributed by atoms with Crippen molar-refractivity contribution < 1.29 is 9.72 Å². The van der Waals surface area contributed by atoms with Crippen LogP contribution in [0.4, 0.5) is 11.5 Å². The number of amides is 1. The van der Waals surface area contributed by atoms with Crippen molar-refractivity contribution in [3.63, 3.8) is 0 Å². The van der Waals surface area contributed by atoms with Crippen molar-refractivity contribution in [2.24, 2.45) is 0 Å². The maximum Gasteiger partial charge on any atom is 0.270 e. The summed E-state index contributed by atoms with van der Waals surface area (Å²) in [7, 11) is 0. The quantitative estimate of drug-likeness (QED) is 0.565. The maximum atomic E-state index is 12.4. The SMILES string of the molecule is Cc1cc(NC(=O)c2cccc([N+](=O)[O-])c2)n(-c2cccc(Cl)c2)n1. The molecule has 126 valence electrons. The Kier molecular flexibility index (Phi) is 4.49. The lowest BCUT2D eigenvalue weighted by Gasteiger charge is -2.09. The van der Waals surface area contributed by atoms with E-state index in [-0.39, 0.29) is 11.3 Å². The Hall–Kier alpha value is -3.19. The molecule has 3 aromatic rings. The number of aryl methyl sites for hydroxylation is 1. The number of nitrogens with zero attached hydrogens (tertiary/aromatic N) is 3. The second-order valence-electron chi connectivity index (χ2n) is 5.32. The van der Waals surface area contributed by atoms with Gasteiger partial charge in [-0.2, -0.15) is 5.10 Å². The molecule has 1 heterocycles. The second kappa shape index (κ2) is 6.74. The lowest BCUT2D eigenvalue weighted by atomic mass is 10.2.